The molecule has 0 bridgehead atoms. The molecule has 14 heteroatoms. The lowest BCUT2D eigenvalue weighted by Gasteiger charge is -2.25. The number of nitriles is 1. The summed E-state index contributed by atoms with van der Waals surface area (Å²) in [7, 11) is 1.41. The highest BCUT2D eigenvalue weighted by Crippen LogP contribution is 2.45. The van der Waals surface area contributed by atoms with Gasteiger partial charge < -0.3 is 24.3 Å². The second-order valence-corrected chi connectivity index (χ2v) is 8.18. The fourth-order valence-corrected chi connectivity index (χ4v) is 4.05. The van der Waals surface area contributed by atoms with Crippen molar-refractivity contribution in [3.05, 3.63) is 75.3 Å². The molecule has 1 aliphatic rings. The minimum Gasteiger partial charge on any atom is -0.493 e. The number of anilines is 1. The van der Waals surface area contributed by atoms with Crippen LogP contribution in [0.5, 0.6) is 17.2 Å². The number of rotatable bonds is 8. The summed E-state index contributed by atoms with van der Waals surface area (Å²) < 4.78 is 38.4. The van der Waals surface area contributed by atoms with Crippen LogP contribution in [0.15, 0.2) is 41.3 Å². The number of hydrogen-bond acceptors (Lipinski definition) is 10. The maximum atomic E-state index is 15.9. The van der Waals surface area contributed by atoms with Crippen molar-refractivity contribution in [2.24, 2.45) is 0 Å². The predicted molar refractivity (Wildman–Crippen MR) is 133 cm³/mol. The van der Waals surface area contributed by atoms with Crippen molar-refractivity contribution >= 4 is 11.7 Å². The van der Waals surface area contributed by atoms with Crippen LogP contribution in [0.3, 0.4) is 0 Å². The molecule has 1 atom stereocenters. The number of hydrogen-bond donors (Lipinski definition) is 3. The Labute approximate surface area is 220 Å². The van der Waals surface area contributed by atoms with Crippen molar-refractivity contribution in [1.82, 2.24) is 25.0 Å². The molecule has 4 aromatic rings. The zero-order valence-corrected chi connectivity index (χ0v) is 20.8. The van der Waals surface area contributed by atoms with Gasteiger partial charge in [0.15, 0.2) is 23.2 Å². The molecule has 0 radical (unpaired) electrons. The molecule has 13 nitrogen and oxygen atoms in total. The molecule has 1 aliphatic heterocycles. The number of halogens is 1. The maximum Gasteiger partial charge on any atom is 0.349 e. The van der Waals surface area contributed by atoms with Gasteiger partial charge in [-0.25, -0.2) is 14.0 Å². The first kappa shape index (κ1) is 25.3. The number of benzene rings is 2. The van der Waals surface area contributed by atoms with E-state index in [2.05, 4.69) is 25.6 Å². The summed E-state index contributed by atoms with van der Waals surface area (Å²) in [5.41, 5.74) is 0.206. The molecule has 0 fully saturated rings. The number of carbonyl (C=O) groups is 1. The predicted octanol–water partition coefficient (Wildman–Crippen LogP) is 2.45. The molecule has 200 valence electrons. The van der Waals surface area contributed by atoms with Crippen LogP contribution in [0, 0.1) is 17.1 Å². The number of carbonyl (C=O) groups excluding carboxylic acids is 1. The van der Waals surface area contributed by atoms with E-state index in [0.717, 1.165) is 4.68 Å². The molecule has 5 rings (SSSR count). The number of aromatic amines is 2. The Kier molecular flexibility index (Phi) is 6.87. The summed E-state index contributed by atoms with van der Waals surface area (Å²) in [6.45, 7) is 2.12. The standard InChI is InChI=1S/C25H22FN7O6/c1-3-37-24(34)16-12-28-31-23(16)33-25(35)30-22(32-33)19(29-14-6-4-13(11-27)5-7-14)15-10-17(36-2)20-21(18(15)26)39-9-8-38-20/h4-7,10,12,19,29H,3,8-9H2,1-2H3,(H,28,31)(H,30,32,35). The molecule has 2 aromatic carbocycles. The van der Waals surface area contributed by atoms with Gasteiger partial charge in [-0.1, -0.05) is 0 Å². The SMILES string of the molecule is CCOC(=O)c1cn[nH]c1-n1nc(C(Nc2ccc(C#N)cc2)c2cc(OC)c3c(c2F)OCCO3)[nH]c1=O. The van der Waals surface area contributed by atoms with E-state index in [0.29, 0.717) is 11.3 Å². The minimum absolute atomic E-state index is 0.00796. The lowest BCUT2D eigenvalue weighted by Crippen LogP contribution is -2.21. The van der Waals surface area contributed by atoms with Crippen LogP contribution in [-0.2, 0) is 4.74 Å². The highest BCUT2D eigenvalue weighted by molar-refractivity contribution is 5.92. The van der Waals surface area contributed by atoms with Gasteiger partial charge in [-0.05, 0) is 37.3 Å². The van der Waals surface area contributed by atoms with Crippen molar-refractivity contribution in [2.45, 2.75) is 13.0 Å². The number of nitrogens with one attached hydrogen (secondary N) is 3. The number of methoxy groups -OCH3 is 1. The van der Waals surface area contributed by atoms with E-state index in [4.69, 9.17) is 24.2 Å². The van der Waals surface area contributed by atoms with Crippen LogP contribution in [0.25, 0.3) is 5.82 Å². The molecule has 0 amide bonds. The Hall–Kier alpha value is -5.32. The van der Waals surface area contributed by atoms with Crippen molar-refractivity contribution in [3.8, 4) is 29.1 Å². The molecular weight excluding hydrogens is 513 g/mol. The second-order valence-electron chi connectivity index (χ2n) is 8.18. The molecule has 39 heavy (non-hydrogen) atoms. The lowest BCUT2D eigenvalue weighted by atomic mass is 10.0. The summed E-state index contributed by atoms with van der Waals surface area (Å²) in [5.74, 6) is -1.29. The summed E-state index contributed by atoms with van der Waals surface area (Å²) in [5, 5.41) is 23.0. The average molecular weight is 535 g/mol. The van der Waals surface area contributed by atoms with Crippen LogP contribution in [0.2, 0.25) is 0 Å². The van der Waals surface area contributed by atoms with Gasteiger partial charge >= 0.3 is 11.7 Å². The van der Waals surface area contributed by atoms with Gasteiger partial charge in [-0.15, -0.1) is 5.10 Å². The van der Waals surface area contributed by atoms with Crippen LogP contribution in [0.1, 0.15) is 40.3 Å². The van der Waals surface area contributed by atoms with Crippen molar-refractivity contribution in [1.29, 1.82) is 5.26 Å². The van der Waals surface area contributed by atoms with E-state index in [9.17, 15) is 9.59 Å². The van der Waals surface area contributed by atoms with E-state index in [-0.39, 0.29) is 59.8 Å². The molecule has 2 aromatic heterocycles. The number of aromatic nitrogens is 5. The number of fused-ring (bicyclic) bond motifs is 1. The minimum atomic E-state index is -1.09. The number of nitrogens with zero attached hydrogens (tertiary/aromatic N) is 4. The van der Waals surface area contributed by atoms with Crippen molar-refractivity contribution in [2.75, 3.05) is 32.2 Å². The Morgan fingerprint density at radius 2 is 2.03 bits per heavy atom. The first-order valence-corrected chi connectivity index (χ1v) is 11.8. The van der Waals surface area contributed by atoms with Crippen LogP contribution < -0.4 is 25.2 Å². The van der Waals surface area contributed by atoms with E-state index < -0.39 is 23.5 Å². The van der Waals surface area contributed by atoms with E-state index >= 15 is 4.39 Å². The first-order valence-electron chi connectivity index (χ1n) is 11.8. The average Bonchev–Trinajstić information content (AvgIpc) is 3.59. The summed E-state index contributed by atoms with van der Waals surface area (Å²) in [6.07, 6.45) is 1.21. The third-order valence-electron chi connectivity index (χ3n) is 5.84. The third kappa shape index (κ3) is 4.73. The smallest absolute Gasteiger partial charge is 0.349 e. The van der Waals surface area contributed by atoms with E-state index in [1.165, 1.54) is 19.4 Å². The number of H-pyrrole nitrogens is 2. The Balaban J connectivity index is 1.64. The molecule has 3 heterocycles. The number of ether oxygens (including phenoxy) is 4. The Morgan fingerprint density at radius 3 is 2.72 bits per heavy atom. The van der Waals surface area contributed by atoms with E-state index in [1.807, 2.05) is 6.07 Å². The topological polar surface area (TPSA) is 169 Å². The molecule has 3 N–H and O–H groups in total. The van der Waals surface area contributed by atoms with E-state index in [1.54, 1.807) is 31.2 Å². The van der Waals surface area contributed by atoms with Gasteiger partial charge in [0, 0.05) is 11.3 Å². The zero-order chi connectivity index (χ0) is 27.5. The highest BCUT2D eigenvalue weighted by atomic mass is 19.1. The fourth-order valence-electron chi connectivity index (χ4n) is 4.05. The summed E-state index contributed by atoms with van der Waals surface area (Å²) >= 11 is 0. The Morgan fingerprint density at radius 1 is 1.28 bits per heavy atom. The summed E-state index contributed by atoms with van der Waals surface area (Å²) in [6, 6.07) is 8.78. The quantitative estimate of drug-likeness (QED) is 0.285. The first-order chi connectivity index (χ1) is 18.9. The molecule has 0 aliphatic carbocycles. The van der Waals surface area contributed by atoms with Gasteiger partial charge in [0.25, 0.3) is 0 Å². The molecule has 0 spiro atoms. The molecular formula is C25H22FN7O6. The van der Waals surface area contributed by atoms with Gasteiger partial charge in [-0.3, -0.25) is 10.1 Å². The van der Waals surface area contributed by atoms with Crippen molar-refractivity contribution < 1.29 is 28.1 Å². The second kappa shape index (κ2) is 10.6. The molecule has 0 saturated carbocycles. The van der Waals surface area contributed by atoms with Gasteiger partial charge in [-0.2, -0.15) is 15.0 Å². The highest BCUT2D eigenvalue weighted by Gasteiger charge is 2.31. The Bertz CT molecular complexity index is 1620. The van der Waals surface area contributed by atoms with Gasteiger partial charge in [0.1, 0.15) is 24.8 Å². The lowest BCUT2D eigenvalue weighted by molar-refractivity contribution is 0.0526. The van der Waals surface area contributed by atoms with Crippen molar-refractivity contribution in [3.63, 3.8) is 0 Å². The normalized spacial score (nSPS) is 12.9. The maximum absolute atomic E-state index is 15.9. The number of esters is 1. The third-order valence-corrected chi connectivity index (χ3v) is 5.84. The van der Waals surface area contributed by atoms with Gasteiger partial charge in [0.05, 0.1) is 31.5 Å². The van der Waals surface area contributed by atoms with Crippen LogP contribution in [0.4, 0.5) is 10.1 Å². The fraction of sp³-hybridized carbons (Fsp3) is 0.240. The molecule has 0 saturated heterocycles. The van der Waals surface area contributed by atoms with Crippen LogP contribution in [-0.4, -0.2) is 57.9 Å². The largest absolute Gasteiger partial charge is 0.493 e. The molecule has 1 unspecified atom stereocenters. The van der Waals surface area contributed by atoms with Gasteiger partial charge in [0.2, 0.25) is 11.5 Å². The zero-order valence-electron chi connectivity index (χ0n) is 20.8. The monoisotopic (exact) mass is 535 g/mol. The summed E-state index contributed by atoms with van der Waals surface area (Å²) in [4.78, 5) is 28.0. The van der Waals surface area contributed by atoms with Crippen LogP contribution >= 0.6 is 0 Å².